The van der Waals surface area contributed by atoms with Crippen LogP contribution in [-0.4, -0.2) is 18.5 Å². The van der Waals surface area contributed by atoms with Gasteiger partial charge in [0.05, 0.1) is 28.3 Å². The third kappa shape index (κ3) is 4.19. The fourth-order valence-corrected chi connectivity index (χ4v) is 4.03. The smallest absolute Gasteiger partial charge is 0.263 e. The molecule has 0 fully saturated rings. The maximum atomic E-state index is 12.8. The summed E-state index contributed by atoms with van der Waals surface area (Å²) in [6, 6.07) is 19.0. The topological polar surface area (TPSA) is 103 Å². The maximum absolute atomic E-state index is 12.8. The molecule has 28 heavy (non-hydrogen) atoms. The summed E-state index contributed by atoms with van der Waals surface area (Å²) in [6.07, 6.45) is -0.794. The van der Waals surface area contributed by atoms with Crippen molar-refractivity contribution in [3.63, 3.8) is 0 Å². The Hall–Kier alpha value is -3.21. The third-order valence-corrected chi connectivity index (χ3v) is 5.76. The van der Waals surface area contributed by atoms with E-state index >= 15 is 0 Å². The van der Waals surface area contributed by atoms with E-state index in [1.165, 1.54) is 6.07 Å². The largest absolute Gasteiger partial charge is 0.387 e. The lowest BCUT2D eigenvalue weighted by Crippen LogP contribution is -2.15. The van der Waals surface area contributed by atoms with Crippen LogP contribution < -0.4 is 4.72 Å². The van der Waals surface area contributed by atoms with Crippen LogP contribution in [0.2, 0.25) is 0 Å². The number of hydrogen-bond donors (Lipinski definition) is 2. The average Bonchev–Trinajstić information content (AvgIpc) is 2.67. The van der Waals surface area contributed by atoms with Gasteiger partial charge in [0.1, 0.15) is 5.82 Å². The van der Waals surface area contributed by atoms with Gasteiger partial charge < -0.3 is 5.11 Å². The van der Waals surface area contributed by atoms with Crippen molar-refractivity contribution in [3.05, 3.63) is 77.5 Å². The van der Waals surface area contributed by atoms with Gasteiger partial charge in [0.25, 0.3) is 10.0 Å². The highest BCUT2D eigenvalue weighted by molar-refractivity contribution is 7.92. The van der Waals surface area contributed by atoms with E-state index in [9.17, 15) is 13.5 Å². The highest BCUT2D eigenvalue weighted by Crippen LogP contribution is 2.26. The molecule has 7 heteroatoms. The van der Waals surface area contributed by atoms with Gasteiger partial charge in [-0.05, 0) is 60.9 Å². The summed E-state index contributed by atoms with van der Waals surface area (Å²) in [7, 11) is -3.83. The lowest BCUT2D eigenvalue weighted by Gasteiger charge is -2.12. The standard InChI is InChI=1S/C21H19N3O3S/c1-14-12-18(17-8-6-16(13-22)7-9-17)10-11-20(14)28(26,27)24-21-5-3-4-19(23-21)15(2)25/h3-12,15,25H,1-2H3,(H,23,24)/t15-/m0/s1. The quantitative estimate of drug-likeness (QED) is 0.687. The fraction of sp³-hybridized carbons (Fsp3) is 0.143. The Morgan fingerprint density at radius 3 is 2.36 bits per heavy atom. The van der Waals surface area contributed by atoms with E-state index in [-0.39, 0.29) is 10.7 Å². The van der Waals surface area contributed by atoms with Crippen molar-refractivity contribution in [2.75, 3.05) is 4.72 Å². The monoisotopic (exact) mass is 393 g/mol. The number of benzene rings is 2. The summed E-state index contributed by atoms with van der Waals surface area (Å²) in [5.41, 5.74) is 3.28. The zero-order chi connectivity index (χ0) is 20.3. The average molecular weight is 393 g/mol. The molecule has 3 aromatic rings. The molecule has 0 aliphatic heterocycles. The van der Waals surface area contributed by atoms with Crippen LogP contribution in [0, 0.1) is 18.3 Å². The zero-order valence-electron chi connectivity index (χ0n) is 15.4. The Morgan fingerprint density at radius 2 is 1.75 bits per heavy atom. The molecule has 0 aliphatic carbocycles. The number of aromatic nitrogens is 1. The van der Waals surface area contributed by atoms with Crippen LogP contribution in [0.1, 0.15) is 29.8 Å². The molecular formula is C21H19N3O3S. The van der Waals surface area contributed by atoms with Gasteiger partial charge in [0, 0.05) is 0 Å². The first-order valence-electron chi connectivity index (χ1n) is 8.59. The SMILES string of the molecule is Cc1cc(-c2ccc(C#N)cc2)ccc1S(=O)(=O)Nc1cccc([C@H](C)O)n1. The van der Waals surface area contributed by atoms with Crippen molar-refractivity contribution in [2.24, 2.45) is 0 Å². The first-order chi connectivity index (χ1) is 13.3. The Kier molecular flexibility index (Phi) is 5.45. The van der Waals surface area contributed by atoms with Crippen LogP contribution in [0.3, 0.4) is 0 Å². The van der Waals surface area contributed by atoms with Crippen LogP contribution in [-0.2, 0) is 10.0 Å². The first-order valence-corrected chi connectivity index (χ1v) is 10.1. The fourth-order valence-electron chi connectivity index (χ4n) is 2.80. The number of aryl methyl sites for hydroxylation is 1. The summed E-state index contributed by atoms with van der Waals surface area (Å²) < 4.78 is 28.0. The molecule has 0 unspecified atom stereocenters. The molecule has 3 rings (SSSR count). The van der Waals surface area contributed by atoms with Gasteiger partial charge in [-0.15, -0.1) is 0 Å². The van der Waals surface area contributed by atoms with Crippen LogP contribution in [0.4, 0.5) is 5.82 Å². The Balaban J connectivity index is 1.90. The predicted molar refractivity (Wildman–Crippen MR) is 107 cm³/mol. The van der Waals surface area contributed by atoms with Crippen molar-refractivity contribution >= 4 is 15.8 Å². The minimum absolute atomic E-state index is 0.147. The van der Waals surface area contributed by atoms with Crippen molar-refractivity contribution in [1.82, 2.24) is 4.98 Å². The van der Waals surface area contributed by atoms with Crippen LogP contribution >= 0.6 is 0 Å². The molecule has 2 aromatic carbocycles. The molecule has 6 nitrogen and oxygen atoms in total. The minimum atomic E-state index is -3.83. The van der Waals surface area contributed by atoms with E-state index in [1.54, 1.807) is 56.3 Å². The molecule has 0 bridgehead atoms. The van der Waals surface area contributed by atoms with E-state index in [4.69, 9.17) is 5.26 Å². The number of aliphatic hydroxyl groups excluding tert-OH is 1. The van der Waals surface area contributed by atoms with E-state index in [2.05, 4.69) is 15.8 Å². The van der Waals surface area contributed by atoms with Gasteiger partial charge >= 0.3 is 0 Å². The Morgan fingerprint density at radius 1 is 1.07 bits per heavy atom. The molecule has 0 saturated heterocycles. The molecule has 2 N–H and O–H groups in total. The number of sulfonamides is 1. The lowest BCUT2D eigenvalue weighted by atomic mass is 10.0. The number of aliphatic hydroxyl groups is 1. The summed E-state index contributed by atoms with van der Waals surface area (Å²) in [5.74, 6) is 0.147. The second kappa shape index (κ2) is 7.80. The first kappa shape index (κ1) is 19.5. The van der Waals surface area contributed by atoms with Crippen LogP contribution in [0.25, 0.3) is 11.1 Å². The second-order valence-corrected chi connectivity index (χ2v) is 8.05. The van der Waals surface area contributed by atoms with E-state index in [1.807, 2.05) is 12.1 Å². The molecule has 142 valence electrons. The molecule has 0 amide bonds. The van der Waals surface area contributed by atoms with Gasteiger partial charge in [-0.2, -0.15) is 5.26 Å². The summed E-state index contributed by atoms with van der Waals surface area (Å²) >= 11 is 0. The van der Waals surface area contributed by atoms with Crippen LogP contribution in [0.15, 0.2) is 65.6 Å². The van der Waals surface area contributed by atoms with E-state index < -0.39 is 16.1 Å². The number of nitrogens with zero attached hydrogens (tertiary/aromatic N) is 2. The summed E-state index contributed by atoms with van der Waals surface area (Å²) in [6.45, 7) is 3.29. The number of pyridine rings is 1. The van der Waals surface area contributed by atoms with Gasteiger partial charge in [0.2, 0.25) is 0 Å². The second-order valence-electron chi connectivity index (χ2n) is 6.40. The molecule has 0 aliphatic rings. The highest BCUT2D eigenvalue weighted by Gasteiger charge is 2.18. The van der Waals surface area contributed by atoms with Crippen molar-refractivity contribution in [1.29, 1.82) is 5.26 Å². The third-order valence-electron chi connectivity index (χ3n) is 4.25. The molecule has 0 saturated carbocycles. The van der Waals surface area contributed by atoms with Gasteiger partial charge in [-0.3, -0.25) is 4.72 Å². The number of nitrogens with one attached hydrogen (secondary N) is 1. The molecular weight excluding hydrogens is 374 g/mol. The highest BCUT2D eigenvalue weighted by atomic mass is 32.2. The van der Waals surface area contributed by atoms with Gasteiger partial charge in [0.15, 0.2) is 0 Å². The minimum Gasteiger partial charge on any atom is -0.387 e. The lowest BCUT2D eigenvalue weighted by molar-refractivity contribution is 0.194. The molecule has 0 spiro atoms. The summed E-state index contributed by atoms with van der Waals surface area (Å²) in [4.78, 5) is 4.27. The molecule has 1 heterocycles. The number of anilines is 1. The van der Waals surface area contributed by atoms with Gasteiger partial charge in [-0.1, -0.05) is 30.3 Å². The zero-order valence-corrected chi connectivity index (χ0v) is 16.2. The molecule has 1 atom stereocenters. The van der Waals surface area contributed by atoms with Crippen LogP contribution in [0.5, 0.6) is 0 Å². The molecule has 1 aromatic heterocycles. The normalized spacial score (nSPS) is 12.2. The van der Waals surface area contributed by atoms with E-state index in [0.717, 1.165) is 11.1 Å². The summed E-state index contributed by atoms with van der Waals surface area (Å²) in [5, 5.41) is 18.5. The Labute approximate surface area is 164 Å². The number of nitriles is 1. The number of hydrogen-bond acceptors (Lipinski definition) is 5. The van der Waals surface area contributed by atoms with Gasteiger partial charge in [-0.25, -0.2) is 13.4 Å². The van der Waals surface area contributed by atoms with Crippen molar-refractivity contribution in [3.8, 4) is 17.2 Å². The van der Waals surface area contributed by atoms with E-state index in [0.29, 0.717) is 16.8 Å². The van der Waals surface area contributed by atoms with Crippen molar-refractivity contribution < 1.29 is 13.5 Å². The Bertz CT molecular complexity index is 1150. The predicted octanol–water partition coefficient (Wildman–Crippen LogP) is 3.78. The number of rotatable bonds is 5. The molecule has 0 radical (unpaired) electrons. The maximum Gasteiger partial charge on any atom is 0.263 e. The van der Waals surface area contributed by atoms with Crippen molar-refractivity contribution in [2.45, 2.75) is 24.8 Å².